The molecule has 7 heteroatoms. The molecule has 0 atom stereocenters. The number of esters is 1. The molecule has 0 unspecified atom stereocenters. The van der Waals surface area contributed by atoms with Crippen LogP contribution < -0.4 is 4.74 Å². The van der Waals surface area contributed by atoms with Gasteiger partial charge in [0.25, 0.3) is 0 Å². The zero-order valence-corrected chi connectivity index (χ0v) is 12.3. The van der Waals surface area contributed by atoms with E-state index in [0.717, 1.165) is 6.07 Å². The molecule has 1 aromatic carbocycles. The van der Waals surface area contributed by atoms with Crippen LogP contribution in [0.3, 0.4) is 0 Å². The molecule has 1 heterocycles. The summed E-state index contributed by atoms with van der Waals surface area (Å²) < 4.78 is 23.9. The minimum atomic E-state index is -0.776. The molecule has 0 spiro atoms. The van der Waals surface area contributed by atoms with E-state index < -0.39 is 11.8 Å². The standard InChI is InChI=1S/C15H11ClFNO4/c1-2-21-15(20)13-9(8-19)5-6-18-14(13)22-12-4-3-10(16)7-11(12)17/h3-8H,2H2,1H3. The Morgan fingerprint density at radius 1 is 1.41 bits per heavy atom. The lowest BCUT2D eigenvalue weighted by atomic mass is 10.1. The Hall–Kier alpha value is -2.47. The number of nitrogens with zero attached hydrogens (tertiary/aromatic N) is 1. The smallest absolute Gasteiger partial charge is 0.344 e. The first-order valence-corrected chi connectivity index (χ1v) is 6.68. The van der Waals surface area contributed by atoms with E-state index in [-0.39, 0.29) is 34.4 Å². The van der Waals surface area contributed by atoms with Gasteiger partial charge in [-0.05, 0) is 31.2 Å². The van der Waals surface area contributed by atoms with Crippen molar-refractivity contribution in [2.45, 2.75) is 6.92 Å². The molecule has 1 aromatic heterocycles. The zero-order valence-electron chi connectivity index (χ0n) is 11.5. The third-order valence-electron chi connectivity index (χ3n) is 2.66. The summed E-state index contributed by atoms with van der Waals surface area (Å²) in [6.45, 7) is 1.73. The van der Waals surface area contributed by atoms with Crippen molar-refractivity contribution in [3.05, 3.63) is 52.4 Å². The zero-order chi connectivity index (χ0) is 16.1. The van der Waals surface area contributed by atoms with Gasteiger partial charge >= 0.3 is 5.97 Å². The van der Waals surface area contributed by atoms with Crippen molar-refractivity contribution in [2.24, 2.45) is 0 Å². The summed E-state index contributed by atoms with van der Waals surface area (Å²) in [5.74, 6) is -1.89. The second kappa shape index (κ2) is 7.00. The molecule has 0 aliphatic rings. The topological polar surface area (TPSA) is 65.5 Å². The first kappa shape index (κ1) is 15.9. The molecule has 0 N–H and O–H groups in total. The van der Waals surface area contributed by atoms with Gasteiger partial charge in [-0.1, -0.05) is 11.6 Å². The molecule has 0 aliphatic heterocycles. The number of benzene rings is 1. The maximum Gasteiger partial charge on any atom is 0.344 e. The van der Waals surface area contributed by atoms with Gasteiger partial charge in [0.15, 0.2) is 17.9 Å². The van der Waals surface area contributed by atoms with Crippen LogP contribution in [0.1, 0.15) is 27.6 Å². The molecular weight excluding hydrogens is 313 g/mol. The van der Waals surface area contributed by atoms with Gasteiger partial charge in [0.1, 0.15) is 5.56 Å². The third kappa shape index (κ3) is 3.40. The van der Waals surface area contributed by atoms with E-state index >= 15 is 0 Å². The molecular formula is C15H11ClFNO4. The van der Waals surface area contributed by atoms with E-state index in [9.17, 15) is 14.0 Å². The van der Waals surface area contributed by atoms with Crippen molar-refractivity contribution in [1.82, 2.24) is 4.98 Å². The summed E-state index contributed by atoms with van der Waals surface area (Å²) in [6.07, 6.45) is 1.74. The van der Waals surface area contributed by atoms with Gasteiger partial charge in [-0.25, -0.2) is 14.2 Å². The molecule has 0 fully saturated rings. The first-order chi connectivity index (χ1) is 10.6. The molecule has 0 radical (unpaired) electrons. The quantitative estimate of drug-likeness (QED) is 0.620. The number of hydrogen-bond acceptors (Lipinski definition) is 5. The highest BCUT2D eigenvalue weighted by molar-refractivity contribution is 6.30. The number of rotatable bonds is 5. The third-order valence-corrected chi connectivity index (χ3v) is 2.89. The molecule has 0 saturated carbocycles. The van der Waals surface area contributed by atoms with E-state index in [1.165, 1.54) is 24.4 Å². The Balaban J connectivity index is 2.46. The minimum Gasteiger partial charge on any atom is -0.462 e. The van der Waals surface area contributed by atoms with E-state index in [0.29, 0.717) is 6.29 Å². The number of carbonyl (C=O) groups excluding carboxylic acids is 2. The minimum absolute atomic E-state index is 0.0396. The second-order valence-electron chi connectivity index (χ2n) is 4.10. The Kier molecular flexibility index (Phi) is 5.06. The molecule has 22 heavy (non-hydrogen) atoms. The largest absolute Gasteiger partial charge is 0.462 e. The summed E-state index contributed by atoms with van der Waals surface area (Å²) in [5, 5.41) is 0.199. The van der Waals surface area contributed by atoms with Gasteiger partial charge in [0.05, 0.1) is 6.61 Å². The molecule has 0 bridgehead atoms. The normalized spacial score (nSPS) is 10.1. The highest BCUT2D eigenvalue weighted by Gasteiger charge is 2.21. The lowest BCUT2D eigenvalue weighted by Gasteiger charge is -2.11. The van der Waals surface area contributed by atoms with Crippen molar-refractivity contribution in [3.63, 3.8) is 0 Å². The predicted octanol–water partition coefficient (Wildman–Crippen LogP) is 3.66. The SMILES string of the molecule is CCOC(=O)c1c(C=O)ccnc1Oc1ccc(Cl)cc1F. The summed E-state index contributed by atoms with van der Waals surface area (Å²) in [5.41, 5.74) is -0.119. The van der Waals surface area contributed by atoms with Gasteiger partial charge in [-0.15, -0.1) is 0 Å². The number of carbonyl (C=O) groups is 2. The summed E-state index contributed by atoms with van der Waals surface area (Å²) >= 11 is 5.66. The predicted molar refractivity (Wildman–Crippen MR) is 77.1 cm³/mol. The van der Waals surface area contributed by atoms with Crippen LogP contribution in [0.2, 0.25) is 5.02 Å². The summed E-state index contributed by atoms with van der Waals surface area (Å²) in [7, 11) is 0. The van der Waals surface area contributed by atoms with Crippen molar-refractivity contribution in [2.75, 3.05) is 6.61 Å². The van der Waals surface area contributed by atoms with Gasteiger partial charge in [0, 0.05) is 16.8 Å². The first-order valence-electron chi connectivity index (χ1n) is 6.31. The number of halogens is 2. The Bertz CT molecular complexity index is 721. The number of aldehydes is 1. The van der Waals surface area contributed by atoms with Crippen LogP contribution in [0.5, 0.6) is 11.6 Å². The number of hydrogen-bond donors (Lipinski definition) is 0. The fourth-order valence-electron chi connectivity index (χ4n) is 1.70. The molecule has 114 valence electrons. The van der Waals surface area contributed by atoms with Gasteiger partial charge in [-0.3, -0.25) is 4.79 Å². The van der Waals surface area contributed by atoms with E-state index in [1.54, 1.807) is 6.92 Å². The van der Waals surface area contributed by atoms with Crippen LogP contribution in [0, 0.1) is 5.82 Å². The van der Waals surface area contributed by atoms with Crippen molar-refractivity contribution < 1.29 is 23.5 Å². The van der Waals surface area contributed by atoms with Gasteiger partial charge in [-0.2, -0.15) is 0 Å². The van der Waals surface area contributed by atoms with Crippen LogP contribution >= 0.6 is 11.6 Å². The number of ether oxygens (including phenoxy) is 2. The average molecular weight is 324 g/mol. The maximum absolute atomic E-state index is 13.8. The van der Waals surface area contributed by atoms with E-state index in [2.05, 4.69) is 4.98 Å². The fraction of sp³-hybridized carbons (Fsp3) is 0.133. The molecule has 2 aromatic rings. The Morgan fingerprint density at radius 3 is 2.82 bits per heavy atom. The lowest BCUT2D eigenvalue weighted by Crippen LogP contribution is -2.11. The summed E-state index contributed by atoms with van der Waals surface area (Å²) in [4.78, 5) is 26.9. The van der Waals surface area contributed by atoms with Crippen LogP contribution in [0.15, 0.2) is 30.5 Å². The monoisotopic (exact) mass is 323 g/mol. The van der Waals surface area contributed by atoms with Crippen LogP contribution in [-0.2, 0) is 4.74 Å². The fourth-order valence-corrected chi connectivity index (χ4v) is 1.86. The molecule has 2 rings (SSSR count). The van der Waals surface area contributed by atoms with Crippen molar-refractivity contribution >= 4 is 23.9 Å². The molecule has 5 nitrogen and oxygen atoms in total. The van der Waals surface area contributed by atoms with Crippen LogP contribution in [0.4, 0.5) is 4.39 Å². The van der Waals surface area contributed by atoms with Gasteiger partial charge in [0.2, 0.25) is 5.88 Å². The lowest BCUT2D eigenvalue weighted by molar-refractivity contribution is 0.0520. The van der Waals surface area contributed by atoms with E-state index in [4.69, 9.17) is 21.1 Å². The molecule has 0 saturated heterocycles. The molecule has 0 aliphatic carbocycles. The number of aromatic nitrogens is 1. The van der Waals surface area contributed by atoms with E-state index in [1.807, 2.05) is 0 Å². The van der Waals surface area contributed by atoms with Crippen molar-refractivity contribution in [3.8, 4) is 11.6 Å². The molecule has 0 amide bonds. The second-order valence-corrected chi connectivity index (χ2v) is 4.53. The Labute approximate surface area is 130 Å². The number of pyridine rings is 1. The van der Waals surface area contributed by atoms with Crippen LogP contribution in [-0.4, -0.2) is 23.8 Å². The van der Waals surface area contributed by atoms with Gasteiger partial charge < -0.3 is 9.47 Å². The highest BCUT2D eigenvalue weighted by Crippen LogP contribution is 2.29. The maximum atomic E-state index is 13.8. The Morgan fingerprint density at radius 2 is 2.18 bits per heavy atom. The summed E-state index contributed by atoms with van der Waals surface area (Å²) in [6, 6.07) is 5.12. The van der Waals surface area contributed by atoms with Crippen molar-refractivity contribution in [1.29, 1.82) is 0 Å². The average Bonchev–Trinajstić information content (AvgIpc) is 2.50. The highest BCUT2D eigenvalue weighted by atomic mass is 35.5. The van der Waals surface area contributed by atoms with Crippen LogP contribution in [0.25, 0.3) is 0 Å².